The summed E-state index contributed by atoms with van der Waals surface area (Å²) >= 11 is 3.50. The number of methoxy groups -OCH3 is 1. The maximum atomic E-state index is 6.48. The summed E-state index contributed by atoms with van der Waals surface area (Å²) in [6, 6.07) is 5.76. The zero-order chi connectivity index (χ0) is 17.3. The molecule has 0 aliphatic heterocycles. The second-order valence-electron chi connectivity index (χ2n) is 7.04. The second-order valence-corrected chi connectivity index (χ2v) is 12.5. The molecule has 2 rings (SSSR count). The molecule has 2 aromatic rings. The lowest BCUT2D eigenvalue weighted by atomic mass is 10.2. The molecule has 1 heterocycles. The number of hydrogen-bond donors (Lipinski definition) is 0. The van der Waals surface area contributed by atoms with Crippen LogP contribution in [0.5, 0.6) is 11.5 Å². The third-order valence-corrected chi connectivity index (χ3v) is 9.15. The minimum Gasteiger partial charge on any atom is -0.540 e. The van der Waals surface area contributed by atoms with Crippen LogP contribution in [-0.2, 0) is 4.74 Å². The monoisotopic (exact) mass is 400 g/mol. The van der Waals surface area contributed by atoms with Crippen molar-refractivity contribution in [3.8, 4) is 11.5 Å². The number of fused-ring (bicyclic) bond motifs is 1. The van der Waals surface area contributed by atoms with Gasteiger partial charge in [0.25, 0.3) is 8.32 Å². The Bertz CT molecular complexity index is 673. The molecule has 0 radical (unpaired) electrons. The third kappa shape index (κ3) is 3.92. The largest absolute Gasteiger partial charge is 0.540 e. The molecular formula is C17H25BrO4Si. The summed E-state index contributed by atoms with van der Waals surface area (Å²) in [5.74, 6) is 1.49. The lowest BCUT2D eigenvalue weighted by Crippen LogP contribution is -2.43. The fourth-order valence-electron chi connectivity index (χ4n) is 1.92. The number of ether oxygens (including phenoxy) is 2. The SMILES string of the molecule is COCCOc1cccc2oc(Br)c(O[Si](C)(C)C(C)(C)C)c12. The van der Waals surface area contributed by atoms with Crippen LogP contribution in [0.4, 0.5) is 0 Å². The first-order valence-corrected chi connectivity index (χ1v) is 11.4. The molecule has 0 bridgehead atoms. The standard InChI is InChI=1S/C17H25BrO4Si/c1-17(2,3)23(5,6)22-15-14-12(20-11-10-19-4)8-7-9-13(14)21-16(15)18/h7-9H,10-11H2,1-6H3. The molecule has 0 saturated heterocycles. The van der Waals surface area contributed by atoms with Crippen LogP contribution in [0.15, 0.2) is 27.3 Å². The predicted molar refractivity (Wildman–Crippen MR) is 99.1 cm³/mol. The first-order valence-electron chi connectivity index (χ1n) is 7.69. The summed E-state index contributed by atoms with van der Waals surface area (Å²) in [4.78, 5) is 0. The molecule has 0 saturated carbocycles. The highest BCUT2D eigenvalue weighted by Gasteiger charge is 2.40. The molecule has 4 nitrogen and oxygen atoms in total. The van der Waals surface area contributed by atoms with E-state index in [2.05, 4.69) is 49.8 Å². The van der Waals surface area contributed by atoms with Crippen LogP contribution in [0.2, 0.25) is 18.1 Å². The quantitative estimate of drug-likeness (QED) is 0.466. The Morgan fingerprint density at radius 2 is 1.87 bits per heavy atom. The van der Waals surface area contributed by atoms with Gasteiger partial charge in [0.2, 0.25) is 4.67 Å². The zero-order valence-electron chi connectivity index (χ0n) is 14.7. The summed E-state index contributed by atoms with van der Waals surface area (Å²) in [5.41, 5.74) is 0.750. The van der Waals surface area contributed by atoms with Crippen LogP contribution in [-0.4, -0.2) is 28.6 Å². The molecule has 0 aliphatic carbocycles. The van der Waals surface area contributed by atoms with E-state index in [1.165, 1.54) is 0 Å². The Morgan fingerprint density at radius 1 is 1.17 bits per heavy atom. The van der Waals surface area contributed by atoms with E-state index in [0.29, 0.717) is 17.9 Å². The number of halogens is 1. The molecule has 0 amide bonds. The number of furan rings is 1. The van der Waals surface area contributed by atoms with Crippen molar-refractivity contribution in [1.29, 1.82) is 0 Å². The first-order chi connectivity index (χ1) is 10.7. The first kappa shape index (κ1) is 18.4. The Hall–Kier alpha value is -0.983. The van der Waals surface area contributed by atoms with Crippen molar-refractivity contribution in [2.45, 2.75) is 38.9 Å². The summed E-state index contributed by atoms with van der Waals surface area (Å²) in [7, 11) is -0.332. The van der Waals surface area contributed by atoms with Gasteiger partial charge in [-0.1, -0.05) is 26.8 Å². The Balaban J connectivity index is 2.45. The average molecular weight is 401 g/mol. The average Bonchev–Trinajstić information content (AvgIpc) is 2.74. The van der Waals surface area contributed by atoms with E-state index in [9.17, 15) is 0 Å². The van der Waals surface area contributed by atoms with E-state index in [1.807, 2.05) is 18.2 Å². The van der Waals surface area contributed by atoms with E-state index in [4.69, 9.17) is 18.3 Å². The lowest BCUT2D eigenvalue weighted by Gasteiger charge is -2.36. The highest BCUT2D eigenvalue weighted by Crippen LogP contribution is 2.46. The highest BCUT2D eigenvalue weighted by atomic mass is 79.9. The van der Waals surface area contributed by atoms with E-state index in [-0.39, 0.29) is 5.04 Å². The van der Waals surface area contributed by atoms with Crippen molar-refractivity contribution >= 4 is 35.2 Å². The number of benzene rings is 1. The summed E-state index contributed by atoms with van der Waals surface area (Å²) in [6.07, 6.45) is 0. The fourth-order valence-corrected chi connectivity index (χ4v) is 3.53. The number of rotatable bonds is 6. The Morgan fingerprint density at radius 3 is 2.48 bits per heavy atom. The molecule has 0 N–H and O–H groups in total. The predicted octanol–water partition coefficient (Wildman–Crippen LogP) is 5.60. The van der Waals surface area contributed by atoms with Crippen LogP contribution >= 0.6 is 15.9 Å². The van der Waals surface area contributed by atoms with Crippen LogP contribution in [0, 0.1) is 0 Å². The highest BCUT2D eigenvalue weighted by molar-refractivity contribution is 9.10. The normalized spacial score (nSPS) is 12.7. The van der Waals surface area contributed by atoms with Gasteiger partial charge in [-0.2, -0.15) is 0 Å². The lowest BCUT2D eigenvalue weighted by molar-refractivity contribution is 0.147. The van der Waals surface area contributed by atoms with Gasteiger partial charge >= 0.3 is 0 Å². The van der Waals surface area contributed by atoms with Gasteiger partial charge in [0.05, 0.1) is 6.61 Å². The van der Waals surface area contributed by atoms with Crippen LogP contribution in [0.25, 0.3) is 11.0 Å². The fraction of sp³-hybridized carbons (Fsp3) is 0.529. The van der Waals surface area contributed by atoms with E-state index >= 15 is 0 Å². The Labute approximate surface area is 147 Å². The zero-order valence-corrected chi connectivity index (χ0v) is 17.2. The topological polar surface area (TPSA) is 40.8 Å². The van der Waals surface area contributed by atoms with Crippen LogP contribution < -0.4 is 9.16 Å². The Kier molecular flexibility index (Phi) is 5.48. The number of hydrogen-bond acceptors (Lipinski definition) is 4. The molecule has 0 aliphatic rings. The second kappa shape index (κ2) is 6.87. The van der Waals surface area contributed by atoms with Crippen LogP contribution in [0.3, 0.4) is 0 Å². The van der Waals surface area contributed by atoms with E-state index < -0.39 is 8.32 Å². The van der Waals surface area contributed by atoms with Crippen molar-refractivity contribution in [2.24, 2.45) is 0 Å². The van der Waals surface area contributed by atoms with Crippen molar-refractivity contribution < 1.29 is 18.3 Å². The van der Waals surface area contributed by atoms with Crippen molar-refractivity contribution in [3.05, 3.63) is 22.9 Å². The molecular weight excluding hydrogens is 376 g/mol. The molecule has 23 heavy (non-hydrogen) atoms. The maximum Gasteiger partial charge on any atom is 0.250 e. The van der Waals surface area contributed by atoms with Crippen molar-refractivity contribution in [1.82, 2.24) is 0 Å². The molecule has 0 fully saturated rings. The smallest absolute Gasteiger partial charge is 0.250 e. The van der Waals surface area contributed by atoms with Gasteiger partial charge in [0, 0.05) is 7.11 Å². The maximum absolute atomic E-state index is 6.48. The minimum atomic E-state index is -1.99. The van der Waals surface area contributed by atoms with Gasteiger partial charge in [0.1, 0.15) is 23.3 Å². The van der Waals surface area contributed by atoms with E-state index in [1.54, 1.807) is 7.11 Å². The summed E-state index contributed by atoms with van der Waals surface area (Å²) in [6.45, 7) is 12.1. The molecule has 6 heteroatoms. The summed E-state index contributed by atoms with van der Waals surface area (Å²) < 4.78 is 23.8. The van der Waals surface area contributed by atoms with Gasteiger partial charge in [-0.3, -0.25) is 0 Å². The molecule has 0 unspecified atom stereocenters. The molecule has 128 valence electrons. The minimum absolute atomic E-state index is 0.0991. The van der Waals surface area contributed by atoms with Gasteiger partial charge in [-0.25, -0.2) is 0 Å². The van der Waals surface area contributed by atoms with Crippen molar-refractivity contribution in [2.75, 3.05) is 20.3 Å². The molecule has 1 aromatic heterocycles. The van der Waals surface area contributed by atoms with Gasteiger partial charge < -0.3 is 18.3 Å². The van der Waals surface area contributed by atoms with Crippen LogP contribution in [0.1, 0.15) is 20.8 Å². The molecule has 0 spiro atoms. The van der Waals surface area contributed by atoms with Gasteiger partial charge in [-0.15, -0.1) is 0 Å². The molecule has 0 atom stereocenters. The van der Waals surface area contributed by atoms with Crippen molar-refractivity contribution in [3.63, 3.8) is 0 Å². The van der Waals surface area contributed by atoms with Gasteiger partial charge in [0.15, 0.2) is 5.75 Å². The third-order valence-electron chi connectivity index (χ3n) is 4.30. The van der Waals surface area contributed by atoms with E-state index in [0.717, 1.165) is 22.5 Å². The molecule has 1 aromatic carbocycles. The van der Waals surface area contributed by atoms with Gasteiger partial charge in [-0.05, 0) is 46.2 Å². The summed E-state index contributed by atoms with van der Waals surface area (Å²) in [5, 5.41) is 0.974.